The molecular weight excluding hydrogens is 474 g/mol. The normalized spacial score (nSPS) is 21.3. The third-order valence-electron chi connectivity index (χ3n) is 8.72. The zero-order chi connectivity index (χ0) is 26.1. The molecule has 0 atom stereocenters. The molecule has 1 aromatic heterocycles. The molecule has 2 fully saturated rings. The van der Waals surface area contributed by atoms with Gasteiger partial charge < -0.3 is 9.47 Å². The van der Waals surface area contributed by atoms with Gasteiger partial charge in [0.25, 0.3) is 5.91 Å². The molecule has 5 rings (SSSR count). The average Bonchev–Trinajstić information content (AvgIpc) is 3.45. The molecule has 1 aliphatic carbocycles. The molecule has 8 heteroatoms. The lowest BCUT2D eigenvalue weighted by molar-refractivity contribution is 0.0127. The minimum atomic E-state index is -3.46. The van der Waals surface area contributed by atoms with Crippen molar-refractivity contribution in [3.63, 3.8) is 0 Å². The van der Waals surface area contributed by atoms with Gasteiger partial charge in [-0.1, -0.05) is 6.92 Å². The summed E-state index contributed by atoms with van der Waals surface area (Å²) in [4.78, 5) is 30.9. The standard InChI is InChI=1S/C28H37N3O4S/c1-26(2,3)36(34,35)21-8-6-20(7-9-21)25(33)30-16-14-28(15-17-30)23-11-10-22(24(32)27(4)12-13-27)31(23)19-18-29(28)5/h6-11H,12-19H2,1-5H3. The first kappa shape index (κ1) is 25.2. The molecule has 2 aromatic rings. The van der Waals surface area contributed by atoms with E-state index in [2.05, 4.69) is 29.5 Å². The van der Waals surface area contributed by atoms with Crippen LogP contribution in [0, 0.1) is 5.41 Å². The van der Waals surface area contributed by atoms with E-state index in [1.54, 1.807) is 45.0 Å². The lowest BCUT2D eigenvalue weighted by Gasteiger charge is -2.50. The van der Waals surface area contributed by atoms with Gasteiger partial charge in [0.1, 0.15) is 0 Å². The van der Waals surface area contributed by atoms with Crippen molar-refractivity contribution in [1.82, 2.24) is 14.4 Å². The Hall–Kier alpha value is -2.45. The van der Waals surface area contributed by atoms with Crippen LogP contribution in [0.25, 0.3) is 0 Å². The van der Waals surface area contributed by atoms with Gasteiger partial charge in [0.05, 0.1) is 20.9 Å². The highest BCUT2D eigenvalue weighted by atomic mass is 32.2. The van der Waals surface area contributed by atoms with Crippen LogP contribution >= 0.6 is 0 Å². The highest BCUT2D eigenvalue weighted by molar-refractivity contribution is 7.92. The van der Waals surface area contributed by atoms with Crippen LogP contribution in [0.1, 0.15) is 79.9 Å². The number of Topliss-reactive ketones (excluding diaryl/α,β-unsaturated/α-hetero) is 1. The second kappa shape index (κ2) is 8.28. The van der Waals surface area contributed by atoms with Crippen molar-refractivity contribution in [2.24, 2.45) is 5.41 Å². The van der Waals surface area contributed by atoms with Gasteiger partial charge in [0.15, 0.2) is 15.6 Å². The number of carbonyl (C=O) groups excluding carboxylic acids is 2. The number of benzene rings is 1. The van der Waals surface area contributed by atoms with Gasteiger partial charge in [-0.05, 0) is 89.9 Å². The Kier molecular flexibility index (Phi) is 5.80. The van der Waals surface area contributed by atoms with E-state index in [1.165, 1.54) is 5.69 Å². The molecule has 3 heterocycles. The van der Waals surface area contributed by atoms with Crippen LogP contribution in [-0.4, -0.2) is 65.9 Å². The summed E-state index contributed by atoms with van der Waals surface area (Å²) in [5.41, 5.74) is 2.14. The summed E-state index contributed by atoms with van der Waals surface area (Å²) in [5.74, 6) is 0.189. The van der Waals surface area contributed by atoms with Gasteiger partial charge in [0, 0.05) is 42.9 Å². The van der Waals surface area contributed by atoms with Crippen molar-refractivity contribution in [2.45, 2.75) is 75.1 Å². The van der Waals surface area contributed by atoms with Gasteiger partial charge in [-0.25, -0.2) is 8.42 Å². The number of hydrogen-bond donors (Lipinski definition) is 0. The maximum absolute atomic E-state index is 13.3. The highest BCUT2D eigenvalue weighted by Gasteiger charge is 2.49. The SMILES string of the molecule is CN1CCn2c(C(=O)C3(C)CC3)ccc2C12CCN(C(=O)c1ccc(S(=O)(=O)C(C)(C)C)cc1)CC2. The third-order valence-corrected chi connectivity index (χ3v) is 11.2. The van der Waals surface area contributed by atoms with Crippen molar-refractivity contribution in [2.75, 3.05) is 26.7 Å². The van der Waals surface area contributed by atoms with Crippen molar-refractivity contribution in [1.29, 1.82) is 0 Å². The van der Waals surface area contributed by atoms with E-state index in [0.29, 0.717) is 18.7 Å². The Bertz CT molecular complexity index is 1310. The van der Waals surface area contributed by atoms with Crippen LogP contribution in [-0.2, 0) is 21.9 Å². The molecule has 1 spiro atoms. The monoisotopic (exact) mass is 511 g/mol. The maximum Gasteiger partial charge on any atom is 0.253 e. The fourth-order valence-electron chi connectivity index (χ4n) is 5.73. The van der Waals surface area contributed by atoms with Crippen LogP contribution in [0.5, 0.6) is 0 Å². The van der Waals surface area contributed by atoms with Crippen LogP contribution < -0.4 is 0 Å². The van der Waals surface area contributed by atoms with Crippen LogP contribution in [0.3, 0.4) is 0 Å². The van der Waals surface area contributed by atoms with Gasteiger partial charge in [0.2, 0.25) is 0 Å². The van der Waals surface area contributed by atoms with Crippen LogP contribution in [0.4, 0.5) is 0 Å². The summed E-state index contributed by atoms with van der Waals surface area (Å²) in [7, 11) is -1.32. The zero-order valence-electron chi connectivity index (χ0n) is 22.0. The van der Waals surface area contributed by atoms with Crippen molar-refractivity contribution < 1.29 is 18.0 Å². The lowest BCUT2D eigenvalue weighted by atomic mass is 9.81. The summed E-state index contributed by atoms with van der Waals surface area (Å²) >= 11 is 0. The second-order valence-corrected chi connectivity index (χ2v) is 14.7. The zero-order valence-corrected chi connectivity index (χ0v) is 22.8. The highest BCUT2D eigenvalue weighted by Crippen LogP contribution is 2.49. The van der Waals surface area contributed by atoms with Crippen molar-refractivity contribution >= 4 is 21.5 Å². The molecule has 194 valence electrons. The molecule has 7 nitrogen and oxygen atoms in total. The smallest absolute Gasteiger partial charge is 0.253 e. The number of nitrogens with zero attached hydrogens (tertiary/aromatic N) is 3. The van der Waals surface area contributed by atoms with E-state index >= 15 is 0 Å². The van der Waals surface area contributed by atoms with E-state index in [1.807, 2.05) is 11.0 Å². The molecule has 0 N–H and O–H groups in total. The molecule has 36 heavy (non-hydrogen) atoms. The van der Waals surface area contributed by atoms with Gasteiger partial charge >= 0.3 is 0 Å². The number of ketones is 1. The molecule has 1 amide bonds. The molecule has 0 radical (unpaired) electrons. The summed E-state index contributed by atoms with van der Waals surface area (Å²) in [6.45, 7) is 9.99. The van der Waals surface area contributed by atoms with E-state index in [0.717, 1.165) is 44.5 Å². The summed E-state index contributed by atoms with van der Waals surface area (Å²) in [5, 5.41) is 0. The molecule has 1 saturated carbocycles. The maximum atomic E-state index is 13.3. The number of rotatable bonds is 4. The number of fused-ring (bicyclic) bond motifs is 2. The van der Waals surface area contributed by atoms with Crippen LogP contribution in [0.2, 0.25) is 0 Å². The Morgan fingerprint density at radius 2 is 1.47 bits per heavy atom. The fourth-order valence-corrected chi connectivity index (χ4v) is 6.93. The quantitative estimate of drug-likeness (QED) is 0.577. The number of likely N-dealkylation sites (tertiary alicyclic amines) is 1. The minimum Gasteiger partial charge on any atom is -0.339 e. The number of carbonyl (C=O) groups is 2. The Morgan fingerprint density at radius 1 is 0.861 bits per heavy atom. The predicted octanol–water partition coefficient (Wildman–Crippen LogP) is 4.12. The fraction of sp³-hybridized carbons (Fsp3) is 0.571. The first-order valence-corrected chi connectivity index (χ1v) is 14.4. The number of likely N-dealkylation sites (N-methyl/N-ethyl adjacent to an activating group) is 1. The van der Waals surface area contributed by atoms with E-state index in [-0.39, 0.29) is 27.5 Å². The summed E-state index contributed by atoms with van der Waals surface area (Å²) in [6.07, 6.45) is 3.52. The molecule has 1 saturated heterocycles. The van der Waals surface area contributed by atoms with Gasteiger partial charge in [-0.15, -0.1) is 0 Å². The topological polar surface area (TPSA) is 79.7 Å². The number of piperidine rings is 1. The first-order chi connectivity index (χ1) is 16.8. The Morgan fingerprint density at radius 3 is 2.03 bits per heavy atom. The Balaban J connectivity index is 1.33. The molecule has 1 aromatic carbocycles. The first-order valence-electron chi connectivity index (χ1n) is 12.9. The average molecular weight is 512 g/mol. The number of sulfone groups is 1. The number of amides is 1. The largest absolute Gasteiger partial charge is 0.339 e. The molecule has 2 aliphatic heterocycles. The van der Waals surface area contributed by atoms with Crippen molar-refractivity contribution in [3.8, 4) is 0 Å². The van der Waals surface area contributed by atoms with E-state index in [9.17, 15) is 18.0 Å². The second-order valence-electron chi connectivity index (χ2n) is 12.0. The Labute approximate surface area is 214 Å². The number of aromatic nitrogens is 1. The van der Waals surface area contributed by atoms with Crippen LogP contribution in [0.15, 0.2) is 41.3 Å². The van der Waals surface area contributed by atoms with Crippen molar-refractivity contribution in [3.05, 3.63) is 53.3 Å². The minimum absolute atomic E-state index is 0.0732. The number of hydrogen-bond acceptors (Lipinski definition) is 5. The predicted molar refractivity (Wildman–Crippen MR) is 139 cm³/mol. The lowest BCUT2D eigenvalue weighted by Crippen LogP contribution is -2.56. The molecule has 0 bridgehead atoms. The van der Waals surface area contributed by atoms with Gasteiger partial charge in [-0.3, -0.25) is 14.5 Å². The third kappa shape index (κ3) is 3.84. The molecule has 0 unspecified atom stereocenters. The summed E-state index contributed by atoms with van der Waals surface area (Å²) < 4.78 is 26.8. The summed E-state index contributed by atoms with van der Waals surface area (Å²) in [6, 6.07) is 10.5. The van der Waals surface area contributed by atoms with E-state index < -0.39 is 14.6 Å². The van der Waals surface area contributed by atoms with E-state index in [4.69, 9.17) is 0 Å². The van der Waals surface area contributed by atoms with Gasteiger partial charge in [-0.2, -0.15) is 0 Å². The molecular formula is C28H37N3O4S. The molecule has 3 aliphatic rings.